The van der Waals surface area contributed by atoms with E-state index >= 15 is 0 Å². The van der Waals surface area contributed by atoms with E-state index in [9.17, 15) is 14.7 Å². The number of rotatable bonds is 6. The zero-order valence-electron chi connectivity index (χ0n) is 16.9. The second kappa shape index (κ2) is 8.86. The van der Waals surface area contributed by atoms with Crippen LogP contribution in [0.2, 0.25) is 0 Å². The molecule has 0 radical (unpaired) electrons. The first-order chi connectivity index (χ1) is 12.0. The van der Waals surface area contributed by atoms with Gasteiger partial charge in [0.15, 0.2) is 6.23 Å². The number of β-lactam (4-membered cyclic amide) rings is 1. The number of aliphatic carboxylic acids is 1. The highest BCUT2D eigenvalue weighted by Gasteiger charge is 2.64. The number of aliphatic hydroxyl groups is 1. The van der Waals surface area contributed by atoms with Crippen LogP contribution in [0.1, 0.15) is 53.4 Å². The fourth-order valence-electron chi connectivity index (χ4n) is 3.08. The number of hydrogen-bond donors (Lipinski definition) is 2. The third-order valence-electron chi connectivity index (χ3n) is 4.54. The van der Waals surface area contributed by atoms with Crippen molar-refractivity contribution in [2.75, 3.05) is 27.2 Å². The zero-order chi connectivity index (χ0) is 20.1. The molecule has 2 heterocycles. The van der Waals surface area contributed by atoms with E-state index in [4.69, 9.17) is 9.84 Å². The Kier molecular flexibility index (Phi) is 7.65. The molecule has 2 aliphatic heterocycles. The molecule has 26 heavy (non-hydrogen) atoms. The van der Waals surface area contributed by atoms with Crippen molar-refractivity contribution in [2.45, 2.75) is 65.1 Å². The smallest absolute Gasteiger partial charge is 0.337 e. The zero-order valence-corrected chi connectivity index (χ0v) is 16.9. The van der Waals surface area contributed by atoms with Crippen molar-refractivity contribution in [1.29, 1.82) is 0 Å². The molecule has 0 bridgehead atoms. The average molecular weight is 370 g/mol. The number of hydrogen-bond acceptors (Lipinski definition) is 5. The summed E-state index contributed by atoms with van der Waals surface area (Å²) < 4.78 is 5.43. The summed E-state index contributed by atoms with van der Waals surface area (Å²) in [6, 6.07) is 0. The molecule has 7 nitrogen and oxygen atoms in total. The summed E-state index contributed by atoms with van der Waals surface area (Å²) in [6.07, 6.45) is 3.23. The first-order valence-corrected chi connectivity index (χ1v) is 9.18. The van der Waals surface area contributed by atoms with Crippen molar-refractivity contribution in [3.63, 3.8) is 0 Å². The molecule has 1 unspecified atom stereocenters. The predicted octanol–water partition coefficient (Wildman–Crippen LogP) is 2.06. The maximum Gasteiger partial charge on any atom is 0.337 e. The first kappa shape index (κ1) is 22.4. The van der Waals surface area contributed by atoms with Crippen molar-refractivity contribution < 1.29 is 24.5 Å². The van der Waals surface area contributed by atoms with Gasteiger partial charge in [-0.15, -0.1) is 0 Å². The molecule has 2 atom stereocenters. The van der Waals surface area contributed by atoms with E-state index in [0.29, 0.717) is 11.8 Å². The second-order valence-electron chi connectivity index (χ2n) is 8.32. The van der Waals surface area contributed by atoms with E-state index in [-0.39, 0.29) is 31.1 Å². The number of carboxylic acids is 1. The first-order valence-electron chi connectivity index (χ1n) is 9.18. The van der Waals surface area contributed by atoms with E-state index in [1.54, 1.807) is 0 Å². The molecule has 2 fully saturated rings. The minimum atomic E-state index is -1.42. The summed E-state index contributed by atoms with van der Waals surface area (Å²) in [6.45, 7) is 9.56. The molecule has 1 amide bonds. The van der Waals surface area contributed by atoms with Gasteiger partial charge in [-0.25, -0.2) is 4.79 Å². The molecule has 0 aromatic heterocycles. The Bertz CT molecular complexity index is 539. The minimum Gasteiger partial charge on any atom is -0.479 e. The number of fused-ring (bicyclic) bond motifs is 1. The van der Waals surface area contributed by atoms with Gasteiger partial charge in [0.25, 0.3) is 0 Å². The van der Waals surface area contributed by atoms with Gasteiger partial charge in [0, 0.05) is 0 Å². The van der Waals surface area contributed by atoms with Gasteiger partial charge in [0.05, 0.1) is 13.0 Å². The molecule has 0 spiro atoms. The van der Waals surface area contributed by atoms with Crippen LogP contribution in [0.5, 0.6) is 0 Å². The molecular formula is C19H34N2O5. The van der Waals surface area contributed by atoms with Crippen LogP contribution in [0.25, 0.3) is 0 Å². The Morgan fingerprint density at radius 2 is 2.04 bits per heavy atom. The highest BCUT2D eigenvalue weighted by atomic mass is 16.5. The predicted molar refractivity (Wildman–Crippen MR) is 99.4 cm³/mol. The number of amides is 1. The van der Waals surface area contributed by atoms with Gasteiger partial charge in [-0.05, 0) is 45.0 Å². The third-order valence-corrected chi connectivity index (χ3v) is 4.54. The van der Waals surface area contributed by atoms with Gasteiger partial charge in [-0.2, -0.15) is 0 Å². The van der Waals surface area contributed by atoms with Crippen molar-refractivity contribution in [2.24, 2.45) is 5.41 Å². The minimum absolute atomic E-state index is 0.185. The number of carbonyl (C=O) groups is 2. The van der Waals surface area contributed by atoms with Crippen LogP contribution in [0.4, 0.5) is 0 Å². The van der Waals surface area contributed by atoms with Crippen LogP contribution in [-0.4, -0.2) is 70.9 Å². The molecule has 0 saturated carbocycles. The van der Waals surface area contributed by atoms with Crippen molar-refractivity contribution >= 4 is 11.9 Å². The summed E-state index contributed by atoms with van der Waals surface area (Å²) in [5.41, 5.74) is -0.929. The standard InChI is InChI=1S/C11H15NO5.C8H19N/c1-2-4-11(10(15)16)7(3-5-13)17-9-6-8(14)12(9)11;1-8(2,3)6-7-9(4)5/h3,9,13H,2,4-6H2,1H3,(H,15,16);6-7H2,1-5H3/t9-,11?;/m1./s1. The second-order valence-corrected chi connectivity index (χ2v) is 8.32. The van der Waals surface area contributed by atoms with Crippen molar-refractivity contribution in [3.8, 4) is 0 Å². The highest BCUT2D eigenvalue weighted by molar-refractivity contribution is 5.94. The number of nitrogens with zero attached hydrogens (tertiary/aromatic N) is 2. The molecule has 0 aliphatic carbocycles. The molecule has 0 aromatic rings. The van der Waals surface area contributed by atoms with E-state index < -0.39 is 17.7 Å². The van der Waals surface area contributed by atoms with Crippen molar-refractivity contribution in [1.82, 2.24) is 9.80 Å². The molecule has 7 heteroatoms. The van der Waals surface area contributed by atoms with Crippen LogP contribution in [0, 0.1) is 5.41 Å². The van der Waals surface area contributed by atoms with Gasteiger partial charge in [-0.1, -0.05) is 34.1 Å². The van der Waals surface area contributed by atoms with E-state index in [1.807, 2.05) is 6.92 Å². The maximum absolute atomic E-state index is 11.5. The Morgan fingerprint density at radius 1 is 1.42 bits per heavy atom. The molecule has 2 aliphatic rings. The third kappa shape index (κ3) is 4.98. The van der Waals surface area contributed by atoms with Crippen LogP contribution >= 0.6 is 0 Å². The van der Waals surface area contributed by atoms with Gasteiger partial charge < -0.3 is 19.8 Å². The quantitative estimate of drug-likeness (QED) is 0.696. The van der Waals surface area contributed by atoms with Gasteiger partial charge in [0.1, 0.15) is 5.76 Å². The normalized spacial score (nSPS) is 26.2. The molecular weight excluding hydrogens is 336 g/mol. The van der Waals surface area contributed by atoms with Crippen LogP contribution in [0.3, 0.4) is 0 Å². The van der Waals surface area contributed by atoms with Crippen LogP contribution in [-0.2, 0) is 14.3 Å². The highest BCUT2D eigenvalue weighted by Crippen LogP contribution is 2.46. The monoisotopic (exact) mass is 370 g/mol. The lowest BCUT2D eigenvalue weighted by Gasteiger charge is -2.40. The van der Waals surface area contributed by atoms with E-state index in [1.165, 1.54) is 23.9 Å². The number of aliphatic hydroxyl groups excluding tert-OH is 1. The summed E-state index contributed by atoms with van der Waals surface area (Å²) >= 11 is 0. The topological polar surface area (TPSA) is 90.3 Å². The molecule has 2 rings (SSSR count). The SMILES string of the molecule is CCCC1(C(=O)O)C(=CCO)O[C@@H]2CC(=O)N21.CN(C)CCC(C)(C)C. The maximum atomic E-state index is 11.5. The van der Waals surface area contributed by atoms with Gasteiger partial charge in [0.2, 0.25) is 11.4 Å². The fraction of sp³-hybridized carbons (Fsp3) is 0.789. The lowest BCUT2D eigenvalue weighted by molar-refractivity contribution is -0.171. The average Bonchev–Trinajstić information content (AvgIpc) is 2.75. The summed E-state index contributed by atoms with van der Waals surface area (Å²) in [5.74, 6) is -1.13. The summed E-state index contributed by atoms with van der Waals surface area (Å²) in [5, 5.41) is 18.4. The van der Waals surface area contributed by atoms with Crippen LogP contribution in [0.15, 0.2) is 11.8 Å². The van der Waals surface area contributed by atoms with Gasteiger partial charge >= 0.3 is 5.97 Å². The lowest BCUT2D eigenvalue weighted by atomic mass is 9.87. The van der Waals surface area contributed by atoms with E-state index in [0.717, 1.165) is 0 Å². The number of carbonyl (C=O) groups excluding carboxylic acids is 1. The molecule has 0 aromatic carbocycles. The number of carboxylic acid groups (broad SMARTS) is 1. The summed E-state index contributed by atoms with van der Waals surface area (Å²) in [7, 11) is 4.23. The van der Waals surface area contributed by atoms with Crippen molar-refractivity contribution in [3.05, 3.63) is 11.8 Å². The molecule has 150 valence electrons. The lowest BCUT2D eigenvalue weighted by Crippen LogP contribution is -2.62. The Hall–Kier alpha value is -1.60. The Balaban J connectivity index is 0.000000321. The Labute approximate surface area is 156 Å². The van der Waals surface area contributed by atoms with E-state index in [2.05, 4.69) is 39.8 Å². The fourth-order valence-corrected chi connectivity index (χ4v) is 3.08. The molecule has 2 saturated heterocycles. The van der Waals surface area contributed by atoms with Crippen LogP contribution < -0.4 is 0 Å². The largest absolute Gasteiger partial charge is 0.479 e. The number of ether oxygens (including phenoxy) is 1. The molecule has 2 N–H and O–H groups in total. The summed E-state index contributed by atoms with van der Waals surface area (Å²) in [4.78, 5) is 26.6. The Morgan fingerprint density at radius 3 is 2.38 bits per heavy atom. The van der Waals surface area contributed by atoms with Gasteiger partial charge in [-0.3, -0.25) is 9.69 Å².